The monoisotopic (exact) mass is 354 g/mol. The van der Waals surface area contributed by atoms with Crippen LogP contribution in [0.4, 0.5) is 4.39 Å². The minimum Gasteiger partial charge on any atom is -0.360 e. The highest BCUT2D eigenvalue weighted by Crippen LogP contribution is 2.31. The predicted molar refractivity (Wildman–Crippen MR) is 97.0 cm³/mol. The van der Waals surface area contributed by atoms with Gasteiger partial charge in [0.2, 0.25) is 0 Å². The van der Waals surface area contributed by atoms with Gasteiger partial charge in [-0.1, -0.05) is 38.1 Å². The van der Waals surface area contributed by atoms with E-state index in [9.17, 15) is 4.39 Å². The minimum absolute atomic E-state index is 0.0306. The van der Waals surface area contributed by atoms with Crippen LogP contribution in [0.2, 0.25) is 0 Å². The molecule has 0 spiro atoms. The van der Waals surface area contributed by atoms with Gasteiger partial charge in [-0.05, 0) is 18.2 Å². The second kappa shape index (κ2) is 6.36. The molecule has 136 valence electrons. The fourth-order valence-electron chi connectivity index (χ4n) is 3.33. The highest BCUT2D eigenvalue weighted by molar-refractivity contribution is 5.63. The molecule has 1 N–H and O–H groups in total. The van der Waals surface area contributed by atoms with E-state index in [0.717, 1.165) is 60.0 Å². The second-order valence-corrected chi connectivity index (χ2v) is 7.93. The molecule has 0 unspecified atom stereocenters. The average molecular weight is 354 g/mol. The van der Waals surface area contributed by atoms with Crippen molar-refractivity contribution in [3.05, 3.63) is 58.9 Å². The van der Waals surface area contributed by atoms with Crippen LogP contribution in [0.5, 0.6) is 0 Å². The zero-order valence-corrected chi connectivity index (χ0v) is 15.3. The number of rotatable bonds is 3. The van der Waals surface area contributed by atoms with Gasteiger partial charge in [0.15, 0.2) is 0 Å². The van der Waals surface area contributed by atoms with Crippen molar-refractivity contribution < 1.29 is 8.91 Å². The van der Waals surface area contributed by atoms with Gasteiger partial charge in [-0.25, -0.2) is 4.39 Å². The number of halogens is 1. The molecule has 0 saturated carbocycles. The van der Waals surface area contributed by atoms with Crippen molar-refractivity contribution in [2.75, 3.05) is 6.54 Å². The molecule has 0 bridgehead atoms. The first kappa shape index (κ1) is 17.0. The Hall–Kier alpha value is -2.47. The van der Waals surface area contributed by atoms with Crippen LogP contribution in [0.1, 0.15) is 43.5 Å². The van der Waals surface area contributed by atoms with E-state index in [4.69, 9.17) is 4.52 Å². The number of benzene rings is 1. The van der Waals surface area contributed by atoms with Crippen molar-refractivity contribution in [2.45, 2.75) is 45.7 Å². The lowest BCUT2D eigenvalue weighted by atomic mass is 9.92. The van der Waals surface area contributed by atoms with Crippen LogP contribution in [0.15, 0.2) is 34.9 Å². The third-order valence-electron chi connectivity index (χ3n) is 4.80. The lowest BCUT2D eigenvalue weighted by Gasteiger charge is -2.25. The average Bonchev–Trinajstić information content (AvgIpc) is 3.21. The van der Waals surface area contributed by atoms with Crippen LogP contribution in [-0.2, 0) is 24.9 Å². The number of H-pyrrole nitrogens is 1. The van der Waals surface area contributed by atoms with Gasteiger partial charge < -0.3 is 4.52 Å². The molecule has 0 saturated heterocycles. The molecule has 4 rings (SSSR count). The van der Waals surface area contributed by atoms with E-state index in [-0.39, 0.29) is 11.2 Å². The Kier molecular flexibility index (Phi) is 4.15. The van der Waals surface area contributed by atoms with Gasteiger partial charge in [0, 0.05) is 48.3 Å². The van der Waals surface area contributed by atoms with Crippen LogP contribution in [0.25, 0.3) is 11.3 Å². The maximum absolute atomic E-state index is 13.6. The topological polar surface area (TPSA) is 58.0 Å². The summed E-state index contributed by atoms with van der Waals surface area (Å²) in [4.78, 5) is 2.34. The number of hydrogen-bond acceptors (Lipinski definition) is 4. The van der Waals surface area contributed by atoms with Crippen molar-refractivity contribution in [2.24, 2.45) is 0 Å². The number of aromatic amines is 1. The highest BCUT2D eigenvalue weighted by Gasteiger charge is 2.26. The van der Waals surface area contributed by atoms with Crippen molar-refractivity contribution in [1.82, 2.24) is 20.3 Å². The highest BCUT2D eigenvalue weighted by atomic mass is 19.1. The Labute approximate surface area is 152 Å². The fourth-order valence-corrected chi connectivity index (χ4v) is 3.33. The predicted octanol–water partition coefficient (Wildman–Crippen LogP) is 4.06. The molecule has 0 aliphatic carbocycles. The summed E-state index contributed by atoms with van der Waals surface area (Å²) in [5, 5.41) is 11.8. The van der Waals surface area contributed by atoms with Crippen molar-refractivity contribution >= 4 is 0 Å². The van der Waals surface area contributed by atoms with Gasteiger partial charge in [0.1, 0.15) is 17.3 Å². The van der Waals surface area contributed by atoms with Gasteiger partial charge in [-0.3, -0.25) is 10.00 Å². The van der Waals surface area contributed by atoms with E-state index >= 15 is 0 Å². The van der Waals surface area contributed by atoms with Gasteiger partial charge in [-0.2, -0.15) is 5.10 Å². The maximum Gasteiger partial charge on any atom is 0.143 e. The van der Waals surface area contributed by atoms with E-state index in [1.807, 2.05) is 6.07 Å². The maximum atomic E-state index is 13.6. The van der Waals surface area contributed by atoms with E-state index < -0.39 is 0 Å². The molecular formula is C20H23FN4O. The first-order chi connectivity index (χ1) is 12.4. The van der Waals surface area contributed by atoms with Gasteiger partial charge in [-0.15, -0.1) is 0 Å². The Morgan fingerprint density at radius 2 is 2.12 bits per heavy atom. The summed E-state index contributed by atoms with van der Waals surface area (Å²) in [7, 11) is 0. The summed E-state index contributed by atoms with van der Waals surface area (Å²) in [5.41, 5.74) is 4.75. The molecular weight excluding hydrogens is 331 g/mol. The molecule has 1 aliphatic rings. The smallest absolute Gasteiger partial charge is 0.143 e. The van der Waals surface area contributed by atoms with E-state index in [1.165, 1.54) is 12.1 Å². The Morgan fingerprint density at radius 3 is 2.85 bits per heavy atom. The minimum atomic E-state index is -0.265. The second-order valence-electron chi connectivity index (χ2n) is 7.93. The number of nitrogens with zero attached hydrogens (tertiary/aromatic N) is 3. The molecule has 2 aromatic heterocycles. The van der Waals surface area contributed by atoms with Gasteiger partial charge in [0.25, 0.3) is 0 Å². The number of fused-ring (bicyclic) bond motifs is 1. The quantitative estimate of drug-likeness (QED) is 0.771. The first-order valence-corrected chi connectivity index (χ1v) is 8.90. The third-order valence-corrected chi connectivity index (χ3v) is 4.80. The number of nitrogens with one attached hydrogen (secondary N) is 1. The summed E-state index contributed by atoms with van der Waals surface area (Å²) in [6.07, 6.45) is 0.803. The Balaban J connectivity index is 1.54. The SMILES string of the molecule is CC(C)(C)c1cc(CN2CCc3onc(-c4cccc(F)c4)c3C2)[nH]n1. The Bertz CT molecular complexity index is 922. The summed E-state index contributed by atoms with van der Waals surface area (Å²) in [6, 6.07) is 8.64. The molecule has 5 nitrogen and oxygen atoms in total. The van der Waals surface area contributed by atoms with Crippen molar-refractivity contribution in [3.63, 3.8) is 0 Å². The zero-order chi connectivity index (χ0) is 18.3. The molecule has 0 radical (unpaired) electrons. The summed E-state index contributed by atoms with van der Waals surface area (Å²) in [5.74, 6) is 0.639. The number of hydrogen-bond donors (Lipinski definition) is 1. The number of aromatic nitrogens is 3. The standard InChI is InChI=1S/C20H23FN4O/c1-20(2,3)18-10-15(22-23-18)11-25-8-7-17-16(12-25)19(24-26-17)13-5-4-6-14(21)9-13/h4-6,9-10H,7-8,11-12H2,1-3H3,(H,22,23). The fraction of sp³-hybridized carbons (Fsp3) is 0.400. The molecule has 6 heteroatoms. The molecule has 1 aliphatic heterocycles. The summed E-state index contributed by atoms with van der Waals surface area (Å²) >= 11 is 0. The molecule has 3 aromatic rings. The molecule has 0 amide bonds. The van der Waals surface area contributed by atoms with Crippen LogP contribution in [0, 0.1) is 5.82 Å². The largest absolute Gasteiger partial charge is 0.360 e. The molecule has 26 heavy (non-hydrogen) atoms. The van der Waals surface area contributed by atoms with Gasteiger partial charge >= 0.3 is 0 Å². The molecule has 3 heterocycles. The summed E-state index contributed by atoms with van der Waals surface area (Å²) in [6.45, 7) is 8.88. The van der Waals surface area contributed by atoms with Crippen LogP contribution >= 0.6 is 0 Å². The van der Waals surface area contributed by atoms with E-state index in [1.54, 1.807) is 6.07 Å². The van der Waals surface area contributed by atoms with E-state index in [0.29, 0.717) is 0 Å². The molecule has 1 aromatic carbocycles. The first-order valence-electron chi connectivity index (χ1n) is 8.90. The third kappa shape index (κ3) is 3.29. The van der Waals surface area contributed by atoms with Crippen molar-refractivity contribution in [3.8, 4) is 11.3 Å². The molecule has 0 atom stereocenters. The zero-order valence-electron chi connectivity index (χ0n) is 15.3. The Morgan fingerprint density at radius 1 is 1.27 bits per heavy atom. The summed E-state index contributed by atoms with van der Waals surface area (Å²) < 4.78 is 19.1. The van der Waals surface area contributed by atoms with Gasteiger partial charge in [0.05, 0.1) is 5.69 Å². The lowest BCUT2D eigenvalue weighted by Crippen LogP contribution is -2.29. The van der Waals surface area contributed by atoms with Crippen molar-refractivity contribution in [1.29, 1.82) is 0 Å². The normalized spacial score (nSPS) is 15.2. The van der Waals surface area contributed by atoms with Crippen LogP contribution in [0.3, 0.4) is 0 Å². The lowest BCUT2D eigenvalue weighted by molar-refractivity contribution is 0.226. The van der Waals surface area contributed by atoms with Crippen LogP contribution in [-0.4, -0.2) is 26.8 Å². The van der Waals surface area contributed by atoms with Crippen LogP contribution < -0.4 is 0 Å². The van der Waals surface area contributed by atoms with E-state index in [2.05, 4.69) is 47.1 Å². The molecule has 0 fully saturated rings.